The van der Waals surface area contributed by atoms with Gasteiger partial charge in [-0.05, 0) is 25.7 Å². The van der Waals surface area contributed by atoms with E-state index >= 15 is 0 Å². The van der Waals surface area contributed by atoms with Gasteiger partial charge in [0.05, 0.1) is 5.69 Å². The zero-order valence-corrected chi connectivity index (χ0v) is 16.3. The predicted molar refractivity (Wildman–Crippen MR) is 101 cm³/mol. The van der Waals surface area contributed by atoms with Gasteiger partial charge in [-0.15, -0.1) is 10.2 Å². The number of unbranched alkanes of at least 4 members (excludes halogenated alkanes) is 2. The standard InChI is InChI=1S/C18H30ClN5O/c1-4-7-9-13(6-3)18(25)20-12-11-15-21-22-17-16(19)14(10-8-5-2)23-24(15)17/h13,23H,4-12H2,1-3H3,(H,20,25). The van der Waals surface area contributed by atoms with Gasteiger partial charge in [-0.25, -0.2) is 4.52 Å². The number of halogens is 1. The van der Waals surface area contributed by atoms with E-state index in [1.54, 1.807) is 0 Å². The van der Waals surface area contributed by atoms with Crippen LogP contribution in [0, 0.1) is 5.92 Å². The number of aromatic amines is 1. The Balaban J connectivity index is 1.93. The van der Waals surface area contributed by atoms with E-state index < -0.39 is 0 Å². The molecule has 0 aliphatic heterocycles. The average molecular weight is 368 g/mol. The maximum Gasteiger partial charge on any atom is 0.223 e. The molecule has 0 spiro atoms. The SMILES string of the molecule is CCCCc1[nH]n2c(CCNC(=O)C(CC)CCCC)nnc2c1Cl. The zero-order valence-electron chi connectivity index (χ0n) is 15.6. The Morgan fingerprint density at radius 2 is 1.96 bits per heavy atom. The lowest BCUT2D eigenvalue weighted by molar-refractivity contribution is -0.125. The van der Waals surface area contributed by atoms with E-state index in [1.165, 1.54) is 0 Å². The van der Waals surface area contributed by atoms with Crippen molar-refractivity contribution in [2.75, 3.05) is 6.54 Å². The van der Waals surface area contributed by atoms with Gasteiger partial charge < -0.3 is 5.32 Å². The molecular weight excluding hydrogens is 338 g/mol. The maximum absolute atomic E-state index is 12.3. The first-order chi connectivity index (χ1) is 12.1. The van der Waals surface area contributed by atoms with Crippen molar-refractivity contribution in [1.82, 2.24) is 25.1 Å². The number of hydrogen-bond acceptors (Lipinski definition) is 3. The number of aryl methyl sites for hydroxylation is 1. The molecule has 0 aliphatic rings. The monoisotopic (exact) mass is 367 g/mol. The van der Waals surface area contributed by atoms with E-state index in [1.807, 2.05) is 4.52 Å². The summed E-state index contributed by atoms with van der Waals surface area (Å²) in [6.45, 7) is 6.93. The lowest BCUT2D eigenvalue weighted by Gasteiger charge is -2.14. The first-order valence-electron chi connectivity index (χ1n) is 9.50. The number of nitrogens with zero attached hydrogens (tertiary/aromatic N) is 3. The quantitative estimate of drug-likeness (QED) is 0.631. The minimum Gasteiger partial charge on any atom is -0.355 e. The highest BCUT2D eigenvalue weighted by Crippen LogP contribution is 2.22. The molecule has 2 N–H and O–H groups in total. The Morgan fingerprint density at radius 1 is 1.20 bits per heavy atom. The summed E-state index contributed by atoms with van der Waals surface area (Å²) in [5.74, 6) is 1.05. The molecule has 6 nitrogen and oxygen atoms in total. The minimum atomic E-state index is 0.110. The molecule has 0 fully saturated rings. The molecule has 0 bridgehead atoms. The molecular formula is C18H30ClN5O. The van der Waals surface area contributed by atoms with Crippen LogP contribution in [-0.2, 0) is 17.6 Å². The Bertz CT molecular complexity index is 678. The van der Waals surface area contributed by atoms with Gasteiger partial charge in [0.15, 0.2) is 11.5 Å². The van der Waals surface area contributed by atoms with Crippen LogP contribution in [-0.4, -0.2) is 32.3 Å². The molecule has 140 valence electrons. The van der Waals surface area contributed by atoms with Crippen molar-refractivity contribution < 1.29 is 4.79 Å². The summed E-state index contributed by atoms with van der Waals surface area (Å²) in [6.07, 6.45) is 7.79. The highest BCUT2D eigenvalue weighted by atomic mass is 35.5. The van der Waals surface area contributed by atoms with Crippen LogP contribution < -0.4 is 5.32 Å². The van der Waals surface area contributed by atoms with Crippen LogP contribution in [0.15, 0.2) is 0 Å². The molecule has 2 rings (SSSR count). The van der Waals surface area contributed by atoms with E-state index in [0.717, 1.165) is 56.5 Å². The van der Waals surface area contributed by atoms with Crippen molar-refractivity contribution in [1.29, 1.82) is 0 Å². The van der Waals surface area contributed by atoms with Crippen LogP contribution in [0.3, 0.4) is 0 Å². The van der Waals surface area contributed by atoms with Crippen molar-refractivity contribution in [3.8, 4) is 0 Å². The third-order valence-corrected chi connectivity index (χ3v) is 5.03. The second-order valence-electron chi connectivity index (χ2n) is 6.57. The molecule has 2 heterocycles. The summed E-state index contributed by atoms with van der Waals surface area (Å²) in [5.41, 5.74) is 1.67. The lowest BCUT2D eigenvalue weighted by atomic mass is 9.98. The predicted octanol–water partition coefficient (Wildman–Crippen LogP) is 3.93. The molecule has 2 aromatic heterocycles. The molecule has 2 aromatic rings. The molecule has 0 aromatic carbocycles. The summed E-state index contributed by atoms with van der Waals surface area (Å²) < 4.78 is 1.84. The largest absolute Gasteiger partial charge is 0.355 e. The fraction of sp³-hybridized carbons (Fsp3) is 0.722. The molecule has 1 unspecified atom stereocenters. The van der Waals surface area contributed by atoms with Crippen LogP contribution in [0.4, 0.5) is 0 Å². The molecule has 25 heavy (non-hydrogen) atoms. The third-order valence-electron chi connectivity index (χ3n) is 4.64. The number of H-pyrrole nitrogens is 1. The van der Waals surface area contributed by atoms with E-state index in [4.69, 9.17) is 11.6 Å². The Hall–Kier alpha value is -1.56. The smallest absolute Gasteiger partial charge is 0.223 e. The van der Waals surface area contributed by atoms with Gasteiger partial charge in [0.25, 0.3) is 0 Å². The van der Waals surface area contributed by atoms with Crippen LogP contribution in [0.5, 0.6) is 0 Å². The van der Waals surface area contributed by atoms with Gasteiger partial charge in [-0.1, -0.05) is 51.6 Å². The Kier molecular flexibility index (Phi) is 7.75. The summed E-state index contributed by atoms with van der Waals surface area (Å²) in [5, 5.41) is 15.4. The van der Waals surface area contributed by atoms with E-state index in [9.17, 15) is 4.79 Å². The number of carbonyl (C=O) groups excluding carboxylic acids is 1. The fourth-order valence-corrected chi connectivity index (χ4v) is 3.25. The lowest BCUT2D eigenvalue weighted by Crippen LogP contribution is -2.32. The highest BCUT2D eigenvalue weighted by Gasteiger charge is 2.17. The van der Waals surface area contributed by atoms with Crippen molar-refractivity contribution >= 4 is 23.2 Å². The Morgan fingerprint density at radius 3 is 2.64 bits per heavy atom. The van der Waals surface area contributed by atoms with Crippen LogP contribution in [0.25, 0.3) is 5.65 Å². The molecule has 1 atom stereocenters. The van der Waals surface area contributed by atoms with Crippen molar-refractivity contribution in [2.45, 2.75) is 72.1 Å². The topological polar surface area (TPSA) is 75.1 Å². The minimum absolute atomic E-state index is 0.110. The van der Waals surface area contributed by atoms with E-state index in [0.29, 0.717) is 23.6 Å². The van der Waals surface area contributed by atoms with Crippen molar-refractivity contribution in [3.63, 3.8) is 0 Å². The number of rotatable bonds is 11. The molecule has 0 saturated carbocycles. The number of aromatic nitrogens is 4. The van der Waals surface area contributed by atoms with Gasteiger partial charge in [0.2, 0.25) is 5.91 Å². The molecule has 0 radical (unpaired) electrons. The summed E-state index contributed by atoms with van der Waals surface area (Å²) in [7, 11) is 0. The average Bonchev–Trinajstić information content (AvgIpc) is 3.14. The Labute approximate surface area is 154 Å². The fourth-order valence-electron chi connectivity index (χ4n) is 2.99. The number of amides is 1. The molecule has 7 heteroatoms. The van der Waals surface area contributed by atoms with Crippen molar-refractivity contribution in [3.05, 3.63) is 16.5 Å². The van der Waals surface area contributed by atoms with Gasteiger partial charge >= 0.3 is 0 Å². The highest BCUT2D eigenvalue weighted by molar-refractivity contribution is 6.34. The van der Waals surface area contributed by atoms with Gasteiger partial charge in [0, 0.05) is 18.9 Å². The first kappa shape index (κ1) is 19.8. The molecule has 0 aliphatic carbocycles. The van der Waals surface area contributed by atoms with Crippen LogP contribution in [0.1, 0.15) is 70.8 Å². The summed E-state index contributed by atoms with van der Waals surface area (Å²) in [6, 6.07) is 0. The number of nitrogens with one attached hydrogen (secondary N) is 2. The second kappa shape index (κ2) is 9.80. The van der Waals surface area contributed by atoms with E-state index in [2.05, 4.69) is 41.4 Å². The first-order valence-corrected chi connectivity index (χ1v) is 9.88. The summed E-state index contributed by atoms with van der Waals surface area (Å²) in [4.78, 5) is 12.3. The third kappa shape index (κ3) is 4.97. The van der Waals surface area contributed by atoms with Crippen LogP contribution >= 0.6 is 11.6 Å². The number of fused-ring (bicyclic) bond motifs is 1. The van der Waals surface area contributed by atoms with Crippen LogP contribution in [0.2, 0.25) is 5.02 Å². The normalized spacial score (nSPS) is 12.6. The maximum atomic E-state index is 12.3. The van der Waals surface area contributed by atoms with Gasteiger partial charge in [0.1, 0.15) is 5.02 Å². The number of hydrogen-bond donors (Lipinski definition) is 2. The van der Waals surface area contributed by atoms with E-state index in [-0.39, 0.29) is 11.8 Å². The van der Waals surface area contributed by atoms with Gasteiger partial charge in [-0.3, -0.25) is 9.89 Å². The summed E-state index contributed by atoms with van der Waals surface area (Å²) >= 11 is 6.38. The number of carbonyl (C=O) groups is 1. The van der Waals surface area contributed by atoms with Gasteiger partial charge in [-0.2, -0.15) is 0 Å². The second-order valence-corrected chi connectivity index (χ2v) is 6.95. The zero-order chi connectivity index (χ0) is 18.2. The molecule has 1 amide bonds. The molecule has 0 saturated heterocycles. The van der Waals surface area contributed by atoms with Crippen molar-refractivity contribution in [2.24, 2.45) is 5.92 Å².